The zero-order valence-corrected chi connectivity index (χ0v) is 20.1. The highest BCUT2D eigenvalue weighted by Crippen LogP contribution is 2.35. The molecule has 174 valence electrons. The van der Waals surface area contributed by atoms with E-state index in [4.69, 9.17) is 4.74 Å². The average molecular weight is 595 g/mol. The molecule has 3 aromatic carbocycles. The van der Waals surface area contributed by atoms with E-state index >= 15 is 0 Å². The second-order valence-electron chi connectivity index (χ2n) is 6.61. The number of hydrogen-bond donors (Lipinski definition) is 1. The minimum absolute atomic E-state index is 0.00645. The third-order valence-electron chi connectivity index (χ3n) is 4.34. The Labute approximate surface area is 207 Å². The van der Waals surface area contributed by atoms with Crippen LogP contribution in [-0.2, 0) is 6.61 Å². The molecule has 3 rings (SSSR count). The van der Waals surface area contributed by atoms with Crippen molar-refractivity contribution in [3.05, 3.63) is 105 Å². The number of non-ortho nitro benzene ring substituents is 2. The molecule has 0 aromatic heterocycles. The van der Waals surface area contributed by atoms with Gasteiger partial charge in [-0.1, -0.05) is 0 Å². The molecule has 14 heteroatoms. The van der Waals surface area contributed by atoms with Crippen LogP contribution in [0.1, 0.15) is 11.1 Å². The fourth-order valence-corrected chi connectivity index (χ4v) is 4.17. The molecule has 0 bridgehead atoms. The van der Waals surface area contributed by atoms with Gasteiger partial charge in [-0.15, -0.1) is 0 Å². The summed E-state index contributed by atoms with van der Waals surface area (Å²) in [4.78, 5) is 30.8. The molecule has 34 heavy (non-hydrogen) atoms. The van der Waals surface area contributed by atoms with Gasteiger partial charge in [-0.2, -0.15) is 5.10 Å². The van der Waals surface area contributed by atoms with Crippen molar-refractivity contribution in [3.63, 3.8) is 0 Å². The lowest BCUT2D eigenvalue weighted by Crippen LogP contribution is -2.00. The van der Waals surface area contributed by atoms with Gasteiger partial charge in [-0.3, -0.25) is 35.8 Å². The Hall–Kier alpha value is -3.91. The van der Waals surface area contributed by atoms with Crippen molar-refractivity contribution in [1.82, 2.24) is 0 Å². The van der Waals surface area contributed by atoms with Gasteiger partial charge >= 0.3 is 5.69 Å². The summed E-state index contributed by atoms with van der Waals surface area (Å²) < 4.78 is 6.98. The number of nitrogens with zero attached hydrogens (tertiary/aromatic N) is 4. The van der Waals surface area contributed by atoms with Crippen molar-refractivity contribution >= 4 is 60.8 Å². The highest BCUT2D eigenvalue weighted by molar-refractivity contribution is 9.11. The van der Waals surface area contributed by atoms with Crippen LogP contribution in [0.15, 0.2) is 68.6 Å². The molecular weight excluding hydrogens is 582 g/mol. The van der Waals surface area contributed by atoms with Gasteiger partial charge < -0.3 is 4.74 Å². The maximum Gasteiger partial charge on any atom is 0.301 e. The Balaban J connectivity index is 1.70. The van der Waals surface area contributed by atoms with Crippen molar-refractivity contribution in [2.75, 3.05) is 5.43 Å². The van der Waals surface area contributed by atoms with E-state index in [1.165, 1.54) is 24.4 Å². The van der Waals surface area contributed by atoms with Crippen molar-refractivity contribution < 1.29 is 19.5 Å². The molecule has 0 saturated heterocycles. The van der Waals surface area contributed by atoms with E-state index in [0.29, 0.717) is 20.3 Å². The van der Waals surface area contributed by atoms with E-state index in [1.54, 1.807) is 24.3 Å². The number of rotatable bonds is 9. The molecule has 0 atom stereocenters. The normalized spacial score (nSPS) is 10.8. The monoisotopic (exact) mass is 593 g/mol. The summed E-state index contributed by atoms with van der Waals surface area (Å²) in [5.41, 5.74) is 2.96. The molecule has 0 heterocycles. The van der Waals surface area contributed by atoms with Crippen LogP contribution in [0.3, 0.4) is 0 Å². The number of nitro benzene ring substituents is 3. The lowest BCUT2D eigenvalue weighted by Gasteiger charge is -2.11. The lowest BCUT2D eigenvalue weighted by molar-refractivity contribution is -0.393. The van der Waals surface area contributed by atoms with E-state index < -0.39 is 26.1 Å². The third kappa shape index (κ3) is 6.11. The third-order valence-corrected chi connectivity index (χ3v) is 5.52. The molecule has 0 saturated carbocycles. The Morgan fingerprint density at radius 1 is 0.853 bits per heavy atom. The van der Waals surface area contributed by atoms with Gasteiger partial charge in [-0.05, 0) is 73.3 Å². The largest absolute Gasteiger partial charge is 0.487 e. The highest BCUT2D eigenvalue weighted by Gasteiger charge is 2.19. The van der Waals surface area contributed by atoms with Gasteiger partial charge in [0.15, 0.2) is 0 Å². The number of nitro groups is 3. The van der Waals surface area contributed by atoms with Gasteiger partial charge in [-0.25, -0.2) is 0 Å². The zero-order valence-electron chi connectivity index (χ0n) is 16.9. The van der Waals surface area contributed by atoms with Crippen LogP contribution in [0.5, 0.6) is 5.75 Å². The second kappa shape index (κ2) is 10.8. The summed E-state index contributed by atoms with van der Waals surface area (Å²) >= 11 is 6.82. The van der Waals surface area contributed by atoms with Crippen LogP contribution < -0.4 is 10.2 Å². The van der Waals surface area contributed by atoms with Gasteiger partial charge in [0, 0.05) is 18.2 Å². The average Bonchev–Trinajstić information content (AvgIpc) is 2.78. The maximum absolute atomic E-state index is 11.2. The van der Waals surface area contributed by atoms with Gasteiger partial charge in [0.2, 0.25) is 0 Å². The molecule has 3 aromatic rings. The number of halogens is 2. The summed E-state index contributed by atoms with van der Waals surface area (Å²) in [6.45, 7) is 0.175. The molecule has 0 radical (unpaired) electrons. The predicted octanol–water partition coefficient (Wildman–Crippen LogP) is 5.96. The summed E-state index contributed by atoms with van der Waals surface area (Å²) in [7, 11) is 0. The first-order chi connectivity index (χ1) is 16.2. The van der Waals surface area contributed by atoms with Crippen molar-refractivity contribution in [3.8, 4) is 5.75 Å². The quantitative estimate of drug-likeness (QED) is 0.180. The van der Waals surface area contributed by atoms with Crippen LogP contribution in [0.4, 0.5) is 22.7 Å². The van der Waals surface area contributed by atoms with Gasteiger partial charge in [0.05, 0.1) is 36.0 Å². The molecule has 0 fully saturated rings. The van der Waals surface area contributed by atoms with E-state index in [2.05, 4.69) is 42.4 Å². The molecule has 12 nitrogen and oxygen atoms in total. The standard InChI is InChI=1S/C20H13Br2N5O7/c21-16-7-13(10-23-24-18-6-5-15(26(30)31)9-19(18)27(32)33)8-17(22)20(16)34-11-12-1-3-14(4-2-12)25(28)29/h1-10,24H,11H2/b23-10-. The molecule has 0 unspecified atom stereocenters. The van der Waals surface area contributed by atoms with Gasteiger partial charge in [0.25, 0.3) is 11.4 Å². The number of ether oxygens (including phenoxy) is 1. The topological polar surface area (TPSA) is 163 Å². The first-order valence-corrected chi connectivity index (χ1v) is 10.8. The summed E-state index contributed by atoms with van der Waals surface area (Å²) in [5, 5.41) is 36.7. The fourth-order valence-electron chi connectivity index (χ4n) is 2.72. The molecular formula is C20H13Br2N5O7. The highest BCUT2D eigenvalue weighted by atomic mass is 79.9. The van der Waals surface area contributed by atoms with E-state index in [0.717, 1.165) is 17.7 Å². The van der Waals surface area contributed by atoms with Crippen molar-refractivity contribution in [1.29, 1.82) is 0 Å². The van der Waals surface area contributed by atoms with E-state index in [1.807, 2.05) is 0 Å². The molecule has 0 aliphatic heterocycles. The Bertz CT molecular complexity index is 1280. The zero-order chi connectivity index (χ0) is 24.8. The maximum atomic E-state index is 11.2. The summed E-state index contributed by atoms with van der Waals surface area (Å²) in [6, 6.07) is 12.6. The van der Waals surface area contributed by atoms with Crippen LogP contribution in [0.25, 0.3) is 0 Å². The van der Waals surface area contributed by atoms with E-state index in [-0.39, 0.29) is 18.0 Å². The second-order valence-corrected chi connectivity index (χ2v) is 8.32. The molecule has 1 N–H and O–H groups in total. The van der Waals surface area contributed by atoms with Crippen LogP contribution in [0, 0.1) is 30.3 Å². The van der Waals surface area contributed by atoms with Crippen molar-refractivity contribution in [2.45, 2.75) is 6.61 Å². The minimum atomic E-state index is -0.741. The van der Waals surface area contributed by atoms with Crippen LogP contribution in [-0.4, -0.2) is 21.0 Å². The summed E-state index contributed by atoms with van der Waals surface area (Å²) in [6.07, 6.45) is 1.40. The number of benzene rings is 3. The number of nitrogens with one attached hydrogen (secondary N) is 1. The first kappa shape index (κ1) is 24.7. The fraction of sp³-hybridized carbons (Fsp3) is 0.0500. The SMILES string of the molecule is O=[N+]([O-])c1ccc(COc2c(Br)cc(/C=N\Nc3ccc([N+](=O)[O-])cc3[N+](=O)[O-])cc2Br)cc1. The number of hydrazone groups is 1. The molecule has 0 spiro atoms. The molecule has 0 amide bonds. The van der Waals surface area contributed by atoms with Crippen LogP contribution in [0.2, 0.25) is 0 Å². The smallest absolute Gasteiger partial charge is 0.301 e. The minimum Gasteiger partial charge on any atom is -0.487 e. The number of anilines is 1. The Morgan fingerprint density at radius 3 is 2.00 bits per heavy atom. The summed E-state index contributed by atoms with van der Waals surface area (Å²) in [5.74, 6) is 0.495. The predicted molar refractivity (Wildman–Crippen MR) is 130 cm³/mol. The van der Waals surface area contributed by atoms with Crippen molar-refractivity contribution in [2.24, 2.45) is 5.10 Å². The lowest BCUT2D eigenvalue weighted by atomic mass is 10.2. The molecule has 0 aliphatic rings. The number of hydrogen-bond acceptors (Lipinski definition) is 9. The van der Waals surface area contributed by atoms with Gasteiger partial charge in [0.1, 0.15) is 18.0 Å². The van der Waals surface area contributed by atoms with E-state index in [9.17, 15) is 30.3 Å². The first-order valence-electron chi connectivity index (χ1n) is 9.23. The Kier molecular flexibility index (Phi) is 7.86. The Morgan fingerprint density at radius 2 is 1.44 bits per heavy atom. The molecule has 0 aliphatic carbocycles. The van der Waals surface area contributed by atoms with Crippen LogP contribution >= 0.6 is 31.9 Å².